The first kappa shape index (κ1) is 12.8. The summed E-state index contributed by atoms with van der Waals surface area (Å²) in [5, 5.41) is 0. The largest absolute Gasteiger partial charge is 0.308 e. The van der Waals surface area contributed by atoms with Crippen molar-refractivity contribution in [3.63, 3.8) is 0 Å². The van der Waals surface area contributed by atoms with Gasteiger partial charge in [-0.15, -0.1) is 0 Å². The molecule has 1 heterocycles. The molecule has 0 bridgehead atoms. The summed E-state index contributed by atoms with van der Waals surface area (Å²) in [5.74, 6) is 6.24. The molecule has 2 saturated carbocycles. The second kappa shape index (κ2) is 4.73. The molecule has 0 radical (unpaired) electrons. The number of hydrogen-bond donors (Lipinski definition) is 2. The van der Waals surface area contributed by atoms with Crippen molar-refractivity contribution in [2.75, 3.05) is 12.0 Å². The lowest BCUT2D eigenvalue weighted by atomic mass is 10.4. The van der Waals surface area contributed by atoms with Gasteiger partial charge in [-0.05, 0) is 43.7 Å². The molecule has 7 heteroatoms. The molecule has 3 rings (SSSR count). The van der Waals surface area contributed by atoms with Crippen molar-refractivity contribution in [1.82, 2.24) is 9.29 Å². The molecule has 0 aromatic carbocycles. The van der Waals surface area contributed by atoms with E-state index in [1.54, 1.807) is 16.4 Å². The van der Waals surface area contributed by atoms with Gasteiger partial charge >= 0.3 is 0 Å². The number of aromatic nitrogens is 1. The van der Waals surface area contributed by atoms with Crippen molar-refractivity contribution < 1.29 is 8.42 Å². The minimum Gasteiger partial charge on any atom is -0.308 e. The van der Waals surface area contributed by atoms with E-state index in [0.29, 0.717) is 18.3 Å². The van der Waals surface area contributed by atoms with Crippen LogP contribution < -0.4 is 11.3 Å². The zero-order valence-corrected chi connectivity index (χ0v) is 11.4. The number of nitrogens with one attached hydrogen (secondary N) is 1. The van der Waals surface area contributed by atoms with Gasteiger partial charge in [0.15, 0.2) is 0 Å². The molecule has 0 aliphatic heterocycles. The summed E-state index contributed by atoms with van der Waals surface area (Å²) in [6, 6.07) is 3.33. The zero-order valence-electron chi connectivity index (χ0n) is 10.6. The summed E-state index contributed by atoms with van der Waals surface area (Å²) >= 11 is 0. The quantitative estimate of drug-likeness (QED) is 0.598. The van der Waals surface area contributed by atoms with E-state index in [9.17, 15) is 8.42 Å². The number of hydrogen-bond acceptors (Lipinski definition) is 5. The Morgan fingerprint density at radius 3 is 2.53 bits per heavy atom. The highest BCUT2D eigenvalue weighted by Crippen LogP contribution is 2.37. The summed E-state index contributed by atoms with van der Waals surface area (Å²) in [4.78, 5) is 4.23. The van der Waals surface area contributed by atoms with Crippen molar-refractivity contribution in [3.8, 4) is 0 Å². The first-order valence-corrected chi connectivity index (χ1v) is 8.00. The van der Waals surface area contributed by atoms with E-state index in [1.807, 2.05) is 0 Å². The number of nitrogens with two attached hydrogens (primary N) is 1. The number of pyridine rings is 1. The first-order valence-electron chi connectivity index (χ1n) is 6.56. The Bertz CT molecular complexity index is 550. The Morgan fingerprint density at radius 1 is 1.32 bits per heavy atom. The van der Waals surface area contributed by atoms with Crippen molar-refractivity contribution in [1.29, 1.82) is 0 Å². The molecule has 0 unspecified atom stereocenters. The van der Waals surface area contributed by atoms with Crippen LogP contribution in [0.1, 0.15) is 25.7 Å². The summed E-state index contributed by atoms with van der Waals surface area (Å²) < 4.78 is 26.9. The Hall–Kier alpha value is -1.18. The van der Waals surface area contributed by atoms with E-state index >= 15 is 0 Å². The van der Waals surface area contributed by atoms with Gasteiger partial charge in [0.05, 0.1) is 0 Å². The maximum atomic E-state index is 12.6. The summed E-state index contributed by atoms with van der Waals surface area (Å²) in [5.41, 5.74) is 2.39. The molecule has 19 heavy (non-hydrogen) atoms. The molecule has 2 aliphatic rings. The fraction of sp³-hybridized carbons (Fsp3) is 0.583. The first-order chi connectivity index (χ1) is 9.11. The minimum atomic E-state index is -3.42. The maximum absolute atomic E-state index is 12.6. The summed E-state index contributed by atoms with van der Waals surface area (Å²) in [6.07, 6.45) is 5.61. The highest BCUT2D eigenvalue weighted by Gasteiger charge is 2.41. The van der Waals surface area contributed by atoms with Crippen LogP contribution in [0.4, 0.5) is 5.82 Å². The van der Waals surface area contributed by atoms with Gasteiger partial charge < -0.3 is 5.43 Å². The molecule has 104 valence electrons. The SMILES string of the molecule is NNc1ccc(S(=O)(=O)N(CC2CC2)C2CC2)cn1. The number of anilines is 1. The predicted octanol–water partition coefficient (Wildman–Crippen LogP) is 0.930. The molecule has 6 nitrogen and oxygen atoms in total. The Morgan fingerprint density at radius 2 is 2.05 bits per heavy atom. The average molecular weight is 282 g/mol. The predicted molar refractivity (Wildman–Crippen MR) is 71.7 cm³/mol. The normalized spacial score (nSPS) is 19.7. The van der Waals surface area contributed by atoms with Crippen LogP contribution in [0.2, 0.25) is 0 Å². The smallest absolute Gasteiger partial charge is 0.244 e. The Labute approximate surface area is 113 Å². The molecule has 2 aliphatic carbocycles. The molecule has 3 N–H and O–H groups in total. The van der Waals surface area contributed by atoms with Crippen molar-refractivity contribution >= 4 is 15.8 Å². The fourth-order valence-electron chi connectivity index (χ4n) is 2.11. The van der Waals surface area contributed by atoms with E-state index in [0.717, 1.165) is 25.7 Å². The molecule has 0 atom stereocenters. The molecular formula is C12H18N4O2S. The Balaban J connectivity index is 1.85. The highest BCUT2D eigenvalue weighted by atomic mass is 32.2. The summed E-state index contributed by atoms with van der Waals surface area (Å²) in [7, 11) is -3.42. The molecular weight excluding hydrogens is 264 g/mol. The van der Waals surface area contributed by atoms with Gasteiger partial charge in [-0.2, -0.15) is 4.31 Å². The third-order valence-corrected chi connectivity index (χ3v) is 5.48. The van der Waals surface area contributed by atoms with Crippen LogP contribution >= 0.6 is 0 Å². The zero-order chi connectivity index (χ0) is 13.5. The maximum Gasteiger partial charge on any atom is 0.244 e. The molecule has 1 aromatic heterocycles. The van der Waals surface area contributed by atoms with Gasteiger partial charge in [-0.25, -0.2) is 19.2 Å². The van der Waals surface area contributed by atoms with Gasteiger partial charge in [0.2, 0.25) is 10.0 Å². The van der Waals surface area contributed by atoms with Crippen molar-refractivity contribution in [2.24, 2.45) is 11.8 Å². The van der Waals surface area contributed by atoms with Crippen molar-refractivity contribution in [2.45, 2.75) is 36.6 Å². The Kier molecular flexibility index (Phi) is 3.20. The fourth-order valence-corrected chi connectivity index (χ4v) is 3.82. The molecule has 0 spiro atoms. The third-order valence-electron chi connectivity index (χ3n) is 3.58. The number of nitrogen functional groups attached to an aromatic ring is 1. The van der Waals surface area contributed by atoms with E-state index < -0.39 is 10.0 Å². The van der Waals surface area contributed by atoms with Gasteiger partial charge in [0, 0.05) is 18.8 Å². The molecule has 0 saturated heterocycles. The van der Waals surface area contributed by atoms with Crippen LogP contribution in [0.3, 0.4) is 0 Å². The van der Waals surface area contributed by atoms with Gasteiger partial charge in [0.1, 0.15) is 10.7 Å². The van der Waals surface area contributed by atoms with Crippen LogP contribution in [-0.2, 0) is 10.0 Å². The van der Waals surface area contributed by atoms with Gasteiger partial charge in [0.25, 0.3) is 0 Å². The lowest BCUT2D eigenvalue weighted by Gasteiger charge is -2.21. The minimum absolute atomic E-state index is 0.193. The van der Waals surface area contributed by atoms with E-state index in [-0.39, 0.29) is 10.9 Å². The second-order valence-corrected chi connectivity index (χ2v) is 7.16. The number of sulfonamides is 1. The molecule has 0 amide bonds. The summed E-state index contributed by atoms with van der Waals surface area (Å²) in [6.45, 7) is 0.657. The van der Waals surface area contributed by atoms with E-state index in [2.05, 4.69) is 10.4 Å². The number of rotatable bonds is 6. The average Bonchev–Trinajstić information content (AvgIpc) is 3.28. The van der Waals surface area contributed by atoms with Gasteiger partial charge in [-0.3, -0.25) is 0 Å². The van der Waals surface area contributed by atoms with E-state index in [1.165, 1.54) is 6.20 Å². The van der Waals surface area contributed by atoms with Crippen LogP contribution in [0.15, 0.2) is 23.2 Å². The highest BCUT2D eigenvalue weighted by molar-refractivity contribution is 7.89. The van der Waals surface area contributed by atoms with Crippen LogP contribution in [0.25, 0.3) is 0 Å². The van der Waals surface area contributed by atoms with Crippen molar-refractivity contribution in [3.05, 3.63) is 18.3 Å². The van der Waals surface area contributed by atoms with Crippen LogP contribution in [0.5, 0.6) is 0 Å². The van der Waals surface area contributed by atoms with Crippen LogP contribution in [-0.4, -0.2) is 30.3 Å². The standard InChI is InChI=1S/C12H18N4O2S/c13-15-12-6-5-11(7-14-12)19(17,18)16(10-3-4-10)8-9-1-2-9/h5-7,9-10H,1-4,8,13H2,(H,14,15). The monoisotopic (exact) mass is 282 g/mol. The van der Waals surface area contributed by atoms with Crippen LogP contribution in [0, 0.1) is 5.92 Å². The molecule has 2 fully saturated rings. The number of nitrogens with zero attached hydrogens (tertiary/aromatic N) is 2. The third kappa shape index (κ3) is 2.72. The number of hydrazine groups is 1. The lowest BCUT2D eigenvalue weighted by molar-refractivity contribution is 0.388. The van der Waals surface area contributed by atoms with Gasteiger partial charge in [-0.1, -0.05) is 0 Å². The second-order valence-electron chi connectivity index (χ2n) is 5.27. The van der Waals surface area contributed by atoms with E-state index in [4.69, 9.17) is 5.84 Å². The topological polar surface area (TPSA) is 88.3 Å². The molecule has 1 aromatic rings. The lowest BCUT2D eigenvalue weighted by Crippen LogP contribution is -2.35.